The molecule has 0 N–H and O–H groups in total. The molecular weight excluding hydrogens is 434 g/mol. The smallest absolute Gasteiger partial charge is 0.272 e. The number of carbonyl (C=O) groups is 1. The van der Waals surface area contributed by atoms with Gasteiger partial charge in [0.1, 0.15) is 11.4 Å². The predicted octanol–water partition coefficient (Wildman–Crippen LogP) is 4.74. The number of nitrogens with zero attached hydrogens (tertiary/aromatic N) is 5. The van der Waals surface area contributed by atoms with Gasteiger partial charge in [-0.05, 0) is 62.1 Å². The summed E-state index contributed by atoms with van der Waals surface area (Å²) in [6.45, 7) is 1.89. The molecule has 0 saturated heterocycles. The van der Waals surface area contributed by atoms with Gasteiger partial charge in [0.25, 0.3) is 5.91 Å². The zero-order valence-corrected chi connectivity index (χ0v) is 19.9. The summed E-state index contributed by atoms with van der Waals surface area (Å²) in [5, 5.41) is 5.45. The second kappa shape index (κ2) is 10.1. The zero-order valence-electron chi connectivity index (χ0n) is 19.1. The Morgan fingerprint density at radius 2 is 1.70 bits per heavy atom. The van der Waals surface area contributed by atoms with Gasteiger partial charge < -0.3 is 14.4 Å². The molecule has 2 aromatic carbocycles. The van der Waals surface area contributed by atoms with E-state index < -0.39 is 0 Å². The topological polar surface area (TPSA) is 46.3 Å². The van der Waals surface area contributed by atoms with E-state index in [1.54, 1.807) is 4.68 Å². The van der Waals surface area contributed by atoms with Crippen LogP contribution in [-0.2, 0) is 13.6 Å². The van der Waals surface area contributed by atoms with E-state index >= 15 is 0 Å². The van der Waals surface area contributed by atoms with E-state index in [0.29, 0.717) is 23.8 Å². The summed E-state index contributed by atoms with van der Waals surface area (Å²) < 4.78 is 3.71. The Labute approximate surface area is 199 Å². The highest BCUT2D eigenvalue weighted by molar-refractivity contribution is 6.30. The standard InChI is InChI=1S/C26H28ClN5O/c1-29(2)16-17-31(19-20-8-5-4-6-9-20)26(33)25-18-23(24-10-7-15-30(24)3)28-32(25)22-13-11-21(27)12-14-22/h4-15,18H,16-17,19H2,1-3H3. The lowest BCUT2D eigenvalue weighted by Crippen LogP contribution is -2.37. The Balaban J connectivity index is 1.76. The van der Waals surface area contributed by atoms with Crippen molar-refractivity contribution in [2.24, 2.45) is 7.05 Å². The van der Waals surface area contributed by atoms with Gasteiger partial charge in [-0.1, -0.05) is 41.9 Å². The Hall–Kier alpha value is -3.35. The molecule has 0 saturated carbocycles. The van der Waals surface area contributed by atoms with Crippen molar-refractivity contribution in [2.75, 3.05) is 27.2 Å². The van der Waals surface area contributed by atoms with Crippen LogP contribution in [0.4, 0.5) is 0 Å². The molecule has 0 aliphatic rings. The number of hydrogen-bond donors (Lipinski definition) is 0. The van der Waals surface area contributed by atoms with Crippen LogP contribution in [0, 0.1) is 0 Å². The fourth-order valence-corrected chi connectivity index (χ4v) is 3.83. The molecule has 4 rings (SSSR count). The molecule has 33 heavy (non-hydrogen) atoms. The first-order valence-electron chi connectivity index (χ1n) is 10.9. The third kappa shape index (κ3) is 5.35. The molecule has 2 heterocycles. The molecule has 0 fully saturated rings. The van der Waals surface area contributed by atoms with Crippen molar-refractivity contribution in [1.82, 2.24) is 24.1 Å². The number of carbonyl (C=O) groups excluding carboxylic acids is 1. The highest BCUT2D eigenvalue weighted by Crippen LogP contribution is 2.24. The summed E-state index contributed by atoms with van der Waals surface area (Å²) in [5.41, 5.74) is 4.08. The second-order valence-electron chi connectivity index (χ2n) is 8.32. The van der Waals surface area contributed by atoms with Crippen LogP contribution >= 0.6 is 11.6 Å². The molecule has 4 aromatic rings. The molecule has 0 aliphatic heterocycles. The predicted molar refractivity (Wildman–Crippen MR) is 133 cm³/mol. The maximum absolute atomic E-state index is 13.9. The minimum Gasteiger partial charge on any atom is -0.349 e. The second-order valence-corrected chi connectivity index (χ2v) is 8.76. The molecule has 1 amide bonds. The number of halogens is 1. The Bertz CT molecular complexity index is 1210. The van der Waals surface area contributed by atoms with Crippen molar-refractivity contribution in [3.63, 3.8) is 0 Å². The van der Waals surface area contributed by atoms with Crippen molar-refractivity contribution in [3.05, 3.63) is 95.3 Å². The van der Waals surface area contributed by atoms with Crippen LogP contribution in [-0.4, -0.2) is 57.2 Å². The molecule has 0 atom stereocenters. The average molecular weight is 462 g/mol. The van der Waals surface area contributed by atoms with Gasteiger partial charge in [0.15, 0.2) is 0 Å². The molecule has 6 nitrogen and oxygen atoms in total. The van der Waals surface area contributed by atoms with E-state index in [-0.39, 0.29) is 5.91 Å². The minimum atomic E-state index is -0.0661. The Morgan fingerprint density at radius 1 is 0.970 bits per heavy atom. The Kier molecular flexibility index (Phi) is 6.96. The molecule has 2 aromatic heterocycles. The monoisotopic (exact) mass is 461 g/mol. The largest absolute Gasteiger partial charge is 0.349 e. The van der Waals surface area contributed by atoms with E-state index in [9.17, 15) is 4.79 Å². The van der Waals surface area contributed by atoms with Crippen LogP contribution in [0.5, 0.6) is 0 Å². The van der Waals surface area contributed by atoms with E-state index in [2.05, 4.69) is 4.90 Å². The highest BCUT2D eigenvalue weighted by Gasteiger charge is 2.24. The lowest BCUT2D eigenvalue weighted by Gasteiger charge is -2.25. The zero-order chi connectivity index (χ0) is 23.4. The van der Waals surface area contributed by atoms with Crippen molar-refractivity contribution < 1.29 is 4.79 Å². The molecule has 170 valence electrons. The van der Waals surface area contributed by atoms with Gasteiger partial charge in [0, 0.05) is 37.9 Å². The van der Waals surface area contributed by atoms with Gasteiger partial charge in [-0.25, -0.2) is 4.68 Å². The summed E-state index contributed by atoms with van der Waals surface area (Å²) in [4.78, 5) is 17.9. The van der Waals surface area contributed by atoms with E-state index in [1.165, 1.54) is 0 Å². The Morgan fingerprint density at radius 3 is 2.33 bits per heavy atom. The van der Waals surface area contributed by atoms with Gasteiger partial charge in [-0.3, -0.25) is 4.79 Å². The van der Waals surface area contributed by atoms with E-state index in [1.807, 2.05) is 110 Å². The first kappa shape index (κ1) is 22.8. The van der Waals surface area contributed by atoms with Crippen LogP contribution in [0.2, 0.25) is 5.02 Å². The van der Waals surface area contributed by atoms with Crippen molar-refractivity contribution >= 4 is 17.5 Å². The van der Waals surface area contributed by atoms with Gasteiger partial charge in [-0.2, -0.15) is 5.10 Å². The first-order valence-corrected chi connectivity index (χ1v) is 11.3. The fourth-order valence-electron chi connectivity index (χ4n) is 3.70. The number of aryl methyl sites for hydroxylation is 1. The summed E-state index contributed by atoms with van der Waals surface area (Å²) in [5.74, 6) is -0.0661. The normalized spacial score (nSPS) is 11.2. The molecule has 0 aliphatic carbocycles. The molecule has 0 radical (unpaired) electrons. The summed E-state index contributed by atoms with van der Waals surface area (Å²) in [6.07, 6.45) is 1.97. The number of aromatic nitrogens is 3. The van der Waals surface area contributed by atoms with Crippen LogP contribution in [0.1, 0.15) is 16.1 Å². The van der Waals surface area contributed by atoms with E-state index in [4.69, 9.17) is 16.7 Å². The molecule has 0 spiro atoms. The molecule has 0 unspecified atom stereocenters. The summed E-state index contributed by atoms with van der Waals surface area (Å²) in [7, 11) is 5.99. The fraction of sp³-hybridized carbons (Fsp3) is 0.231. The lowest BCUT2D eigenvalue weighted by molar-refractivity contribution is 0.0722. The SMILES string of the molecule is CN(C)CCN(Cc1ccccc1)C(=O)c1cc(-c2cccn2C)nn1-c1ccc(Cl)cc1. The maximum Gasteiger partial charge on any atom is 0.272 e. The highest BCUT2D eigenvalue weighted by atomic mass is 35.5. The minimum absolute atomic E-state index is 0.0661. The van der Waals surface area contributed by atoms with Gasteiger partial charge in [0.05, 0.1) is 11.4 Å². The van der Waals surface area contributed by atoms with Crippen molar-refractivity contribution in [3.8, 4) is 17.1 Å². The number of hydrogen-bond acceptors (Lipinski definition) is 3. The van der Waals surface area contributed by atoms with Crippen LogP contribution < -0.4 is 0 Å². The van der Waals surface area contributed by atoms with Crippen LogP contribution in [0.15, 0.2) is 79.0 Å². The van der Waals surface area contributed by atoms with Gasteiger partial charge in [0.2, 0.25) is 0 Å². The number of benzene rings is 2. The molecule has 0 bridgehead atoms. The summed E-state index contributed by atoms with van der Waals surface area (Å²) >= 11 is 6.11. The van der Waals surface area contributed by atoms with Crippen LogP contribution in [0.3, 0.4) is 0 Å². The molecular formula is C26H28ClN5O. The number of rotatable bonds is 8. The number of amides is 1. The average Bonchev–Trinajstić information content (AvgIpc) is 3.43. The quantitative estimate of drug-likeness (QED) is 0.381. The number of likely N-dealkylation sites (N-methyl/N-ethyl adjacent to an activating group) is 1. The third-order valence-corrected chi connectivity index (χ3v) is 5.78. The van der Waals surface area contributed by atoms with Crippen molar-refractivity contribution in [1.29, 1.82) is 0 Å². The molecule has 7 heteroatoms. The lowest BCUT2D eigenvalue weighted by atomic mass is 10.2. The van der Waals surface area contributed by atoms with E-state index in [0.717, 1.165) is 29.2 Å². The maximum atomic E-state index is 13.9. The summed E-state index contributed by atoms with van der Waals surface area (Å²) in [6, 6.07) is 23.3. The van der Waals surface area contributed by atoms with Gasteiger partial charge >= 0.3 is 0 Å². The van der Waals surface area contributed by atoms with Crippen LogP contribution in [0.25, 0.3) is 17.1 Å². The van der Waals surface area contributed by atoms with Crippen molar-refractivity contribution in [2.45, 2.75) is 6.54 Å². The third-order valence-electron chi connectivity index (χ3n) is 5.53. The first-order chi connectivity index (χ1) is 15.9. The van der Waals surface area contributed by atoms with Gasteiger partial charge in [-0.15, -0.1) is 0 Å².